The molecule has 706 valence electrons. The zero-order valence-corrected chi connectivity index (χ0v) is 82.2. The smallest absolute Gasteiger partial charge is 0.180 e. The van der Waals surface area contributed by atoms with Gasteiger partial charge in [0.25, 0.3) is 0 Å². The molecule has 135 heavy (non-hydrogen) atoms. The number of allylic oxidation sites excluding steroid dienone is 1. The number of thiophene rings is 1. The van der Waals surface area contributed by atoms with E-state index < -0.39 is 0 Å². The molecule has 0 saturated carbocycles. The second-order valence-electron chi connectivity index (χ2n) is 28.1. The topological polar surface area (TPSA) is 327 Å². The standard InChI is InChI=1S/C7H7N3.2C7H8.4C6H7N.4C5H6N2.2C5H7N.C5H6O.C5H6S.2C4H6N2.2C4H5NO.C4H5NS.CH4/c1-6-2-3-7-8-5-9-10(7)4-6;2*1-7-5-3-2-4-6-7;2*1-6-3-2-4-7-5-6;2*1-6-4-2-3-5-7-6;1-5-2-6-4-7-3-5;1-5-4-6-2-3-7-5;1-5-6-3-2-4-7-5;1-5-3-2-4-6-7-5;1-5-2-3-6-4-5;1-6-4-2-3-5-6;2*1-5-3-2-4-6-5;1-4-2-5-6-3-4;1-6-4-2-3-5-6;1-4-2-6-3-5-4;2*1-4-2-5-3-6-4;/h2-5H,1H3;2*2-6H,1H3;4*2-5H,1H3;4*2-4H,1H3;2,4H,3H2,1H3;2-5H,1H3;2*2-4H,1H3;2-3H,1H3,(H,5,6);2-4H,1H3;3*2-3H,1H3;1H4. The van der Waals surface area contributed by atoms with Gasteiger partial charge in [-0.15, -0.1) is 22.7 Å². The predicted octanol–water partition coefficient (Wildman–Crippen LogP) is 24.6. The predicted molar refractivity (Wildman–Crippen MR) is 551 cm³/mol. The maximum atomic E-state index is 4.83. The van der Waals surface area contributed by atoms with Crippen LogP contribution in [0.4, 0.5) is 0 Å². The van der Waals surface area contributed by atoms with Gasteiger partial charge in [-0.05, 0) is 260 Å². The lowest BCUT2D eigenvalue weighted by Crippen LogP contribution is -1.86. The minimum Gasteiger partial charge on any atom is -0.470 e. The lowest BCUT2D eigenvalue weighted by Gasteiger charge is -1.91. The van der Waals surface area contributed by atoms with Crippen molar-refractivity contribution in [2.24, 2.45) is 19.1 Å². The van der Waals surface area contributed by atoms with Crippen LogP contribution in [0.2, 0.25) is 0 Å². The number of aromatic amines is 1. The average Bonchev–Trinajstić information content (AvgIpc) is 1.69. The van der Waals surface area contributed by atoms with E-state index >= 15 is 0 Å². The maximum absolute atomic E-state index is 4.83. The number of rotatable bonds is 0. The number of aliphatic imine (C=N–C) groups is 1. The van der Waals surface area contributed by atoms with Crippen molar-refractivity contribution in [1.82, 2.24) is 114 Å². The van der Waals surface area contributed by atoms with Gasteiger partial charge in [0.05, 0.1) is 47.8 Å². The van der Waals surface area contributed by atoms with Crippen molar-refractivity contribution in [3.8, 4) is 0 Å². The Hall–Kier alpha value is -15.9. The second-order valence-corrected chi connectivity index (χ2v) is 30.3. The number of hydrogen-bond acceptors (Lipinski definition) is 25. The molecule has 0 bridgehead atoms. The van der Waals surface area contributed by atoms with Crippen molar-refractivity contribution < 1.29 is 13.3 Å². The number of furan rings is 1. The third-order valence-corrected chi connectivity index (χ3v) is 16.7. The van der Waals surface area contributed by atoms with Crippen molar-refractivity contribution in [2.45, 2.75) is 132 Å². The Morgan fingerprint density at radius 2 is 0.956 bits per heavy atom. The van der Waals surface area contributed by atoms with Crippen LogP contribution in [0.3, 0.4) is 0 Å². The molecule has 0 atom stereocenters. The first kappa shape index (κ1) is 117. The van der Waals surface area contributed by atoms with Crippen molar-refractivity contribution >= 4 is 34.5 Å². The highest BCUT2D eigenvalue weighted by atomic mass is 32.1. The van der Waals surface area contributed by atoms with E-state index in [0.29, 0.717) is 0 Å². The van der Waals surface area contributed by atoms with Gasteiger partial charge in [-0.2, -0.15) is 25.5 Å². The summed E-state index contributed by atoms with van der Waals surface area (Å²) in [6.45, 7) is 36.5. The fourth-order valence-electron chi connectivity index (χ4n) is 8.36. The third kappa shape index (κ3) is 74.6. The van der Waals surface area contributed by atoms with E-state index in [-0.39, 0.29) is 7.43 Å². The molecule has 27 nitrogen and oxygen atoms in total. The summed E-state index contributed by atoms with van der Waals surface area (Å²) in [6.07, 6.45) is 54.4. The highest BCUT2D eigenvalue weighted by Gasteiger charge is 1.93. The molecule has 19 heterocycles. The zero-order valence-electron chi connectivity index (χ0n) is 80.6. The summed E-state index contributed by atoms with van der Waals surface area (Å²) in [6, 6.07) is 63.5. The van der Waals surface area contributed by atoms with E-state index in [4.69, 9.17) is 8.83 Å². The van der Waals surface area contributed by atoms with Crippen molar-refractivity contribution in [3.63, 3.8) is 0 Å². The van der Waals surface area contributed by atoms with Crippen LogP contribution in [0.1, 0.15) is 109 Å². The molecule has 1 N–H and O–H groups in total. The highest BCUT2D eigenvalue weighted by molar-refractivity contribution is 7.10. The number of aromatic nitrogens is 23. The van der Waals surface area contributed by atoms with Crippen LogP contribution in [-0.4, -0.2) is 127 Å². The first-order valence-corrected chi connectivity index (χ1v) is 44.0. The Labute approximate surface area is 806 Å². The summed E-state index contributed by atoms with van der Waals surface area (Å²) in [7, 11) is 3.89. The highest BCUT2D eigenvalue weighted by Crippen LogP contribution is 2.05. The molecule has 0 unspecified atom stereocenters. The van der Waals surface area contributed by atoms with Gasteiger partial charge in [0.15, 0.2) is 18.4 Å². The first-order valence-electron chi connectivity index (χ1n) is 42.2. The Morgan fingerprint density at radius 1 is 0.363 bits per heavy atom. The molecule has 0 saturated heterocycles. The Morgan fingerprint density at radius 3 is 1.19 bits per heavy atom. The fraction of sp³-hybridized carbons (Fsp3) is 0.208. The number of benzene rings is 2. The molecule has 1 aliphatic rings. The van der Waals surface area contributed by atoms with E-state index in [1.165, 1.54) is 67.8 Å². The number of H-pyrrole nitrogens is 1. The number of nitrogens with one attached hydrogen (secondary N) is 1. The van der Waals surface area contributed by atoms with E-state index in [0.717, 1.165) is 63.6 Å². The molecule has 0 amide bonds. The van der Waals surface area contributed by atoms with Crippen molar-refractivity contribution in [2.75, 3.05) is 6.54 Å². The summed E-state index contributed by atoms with van der Waals surface area (Å²) >= 11 is 3.44. The van der Waals surface area contributed by atoms with Crippen LogP contribution in [0.5, 0.6) is 0 Å². The van der Waals surface area contributed by atoms with Gasteiger partial charge < -0.3 is 17.8 Å². The molecule has 0 spiro atoms. The van der Waals surface area contributed by atoms with E-state index in [2.05, 4.69) is 185 Å². The molecule has 21 rings (SSSR count). The van der Waals surface area contributed by atoms with Gasteiger partial charge in [0.1, 0.15) is 36.3 Å². The normalized spacial score (nSPS) is 9.26. The maximum Gasteiger partial charge on any atom is 0.180 e. The van der Waals surface area contributed by atoms with Crippen LogP contribution < -0.4 is 0 Å². The monoisotopic (exact) mass is 1850 g/mol. The third-order valence-electron chi connectivity index (χ3n) is 15.2. The molecule has 20 aromatic rings. The fourth-order valence-corrected chi connectivity index (χ4v) is 9.30. The second kappa shape index (κ2) is 80.2. The molecular weight excluding hydrogens is 1720 g/mol. The lowest BCUT2D eigenvalue weighted by molar-refractivity contribution is 0.527. The van der Waals surface area contributed by atoms with E-state index in [1.54, 1.807) is 150 Å². The molecule has 2 aromatic carbocycles. The van der Waals surface area contributed by atoms with E-state index in [9.17, 15) is 0 Å². The van der Waals surface area contributed by atoms with Gasteiger partial charge in [0.2, 0.25) is 0 Å². The van der Waals surface area contributed by atoms with Gasteiger partial charge in [-0.3, -0.25) is 49.7 Å². The molecule has 1 aliphatic heterocycles. The molecule has 0 aliphatic carbocycles. The molecule has 18 aromatic heterocycles. The van der Waals surface area contributed by atoms with Gasteiger partial charge in [-0.25, -0.2) is 39.4 Å². The molecule has 29 heteroatoms. The first-order chi connectivity index (χ1) is 64.8. The minimum absolute atomic E-state index is 0. The number of pyridine rings is 5. The summed E-state index contributed by atoms with van der Waals surface area (Å²) in [5, 5.41) is 23.6. The summed E-state index contributed by atoms with van der Waals surface area (Å²) in [5.74, 6) is 2.65. The van der Waals surface area contributed by atoms with Crippen molar-refractivity contribution in [3.05, 3.63) is 492 Å². The van der Waals surface area contributed by atoms with Crippen LogP contribution in [0, 0.1) is 118 Å². The number of oxazole rings is 2. The van der Waals surface area contributed by atoms with Gasteiger partial charge in [0, 0.05) is 172 Å². The Balaban J connectivity index is 0.000000711. The Bertz CT molecular complexity index is 4820. The average molecular weight is 1850 g/mol. The SMILES string of the molecule is C.CC1=CCN=C1.Cc1ccc2ncnn2c1.Cc1ccccc1.Cc1ccccc1.Cc1ccccn1.Cc1ccccn1.Cc1cccnc1.Cc1cccnc1.Cc1cccnn1.Cc1ccco1.Cc1cccs1.Cc1cn[nH]c1.Cc1cnccn1.Cc1cncnc1.Cc1cnco1.Cc1cncs1.Cc1cocn1.Cc1ncccn1.Cn1cccc1.Cn1cccn1. The molecule has 0 radical (unpaired) electrons. The van der Waals surface area contributed by atoms with E-state index in [1.807, 2.05) is 329 Å². The van der Waals surface area contributed by atoms with Crippen LogP contribution in [0.25, 0.3) is 5.65 Å². The summed E-state index contributed by atoms with van der Waals surface area (Å²) < 4.78 is 19.7. The van der Waals surface area contributed by atoms with Crippen LogP contribution in [0.15, 0.2) is 415 Å². The minimum atomic E-state index is 0. The number of aryl methyl sites for hydroxylation is 19. The van der Waals surface area contributed by atoms with Crippen molar-refractivity contribution in [1.29, 1.82) is 0 Å². The summed E-state index contributed by atoms with van der Waals surface area (Å²) in [5.41, 5.74) is 17.5. The quantitative estimate of drug-likeness (QED) is 0.147. The number of thiazole rings is 1. The summed E-state index contributed by atoms with van der Waals surface area (Å²) in [4.78, 5) is 60.6. The van der Waals surface area contributed by atoms with Gasteiger partial charge in [-0.1, -0.05) is 122 Å². The Kier molecular flexibility index (Phi) is 69.6. The number of hydrogen-bond donors (Lipinski definition) is 1. The number of fused-ring (bicyclic) bond motifs is 1. The van der Waals surface area contributed by atoms with Crippen LogP contribution in [-0.2, 0) is 14.1 Å². The largest absolute Gasteiger partial charge is 0.470 e. The zero-order chi connectivity index (χ0) is 97.8. The molecular formula is C106H132N24O3S2. The van der Waals surface area contributed by atoms with Crippen LogP contribution >= 0.6 is 22.7 Å². The lowest BCUT2D eigenvalue weighted by atomic mass is 10.2. The van der Waals surface area contributed by atoms with Gasteiger partial charge >= 0.3 is 0 Å². The number of nitrogens with zero attached hydrogens (tertiary/aromatic N) is 23. The molecule has 0 fully saturated rings.